The summed E-state index contributed by atoms with van der Waals surface area (Å²) < 4.78 is 0. The summed E-state index contributed by atoms with van der Waals surface area (Å²) in [6.45, 7) is 2.62. The molecule has 4 heteroatoms. The van der Waals surface area contributed by atoms with Crippen LogP contribution in [0.5, 0.6) is 0 Å². The first-order valence-corrected chi connectivity index (χ1v) is 6.78. The highest BCUT2D eigenvalue weighted by Gasteiger charge is 2.22. The molecule has 2 amide bonds. The van der Waals surface area contributed by atoms with Crippen LogP contribution in [-0.4, -0.2) is 24.4 Å². The Kier molecular flexibility index (Phi) is 4.55. The predicted octanol–water partition coefficient (Wildman–Crippen LogP) is 1.72. The largest absolute Gasteiger partial charge is 0.356 e. The highest BCUT2D eigenvalue weighted by Crippen LogP contribution is 2.27. The Morgan fingerprint density at radius 1 is 1.26 bits per heavy atom. The van der Waals surface area contributed by atoms with Gasteiger partial charge in [0.2, 0.25) is 5.91 Å². The van der Waals surface area contributed by atoms with Crippen LogP contribution in [0, 0.1) is 5.92 Å². The van der Waals surface area contributed by atoms with Crippen LogP contribution in [0.15, 0.2) is 30.3 Å². The van der Waals surface area contributed by atoms with Crippen LogP contribution in [0.2, 0.25) is 0 Å². The molecular formula is C15H20N2O2. The van der Waals surface area contributed by atoms with Gasteiger partial charge in [-0.25, -0.2) is 0 Å². The van der Waals surface area contributed by atoms with Gasteiger partial charge in [0.25, 0.3) is 5.91 Å². The minimum atomic E-state index is -0.160. The zero-order valence-electron chi connectivity index (χ0n) is 11.2. The Morgan fingerprint density at radius 3 is 2.58 bits per heavy atom. The number of hydrogen-bond acceptors (Lipinski definition) is 2. The Balaban J connectivity index is 1.72. The molecule has 0 unspecified atom stereocenters. The van der Waals surface area contributed by atoms with Crippen molar-refractivity contribution in [2.75, 3.05) is 6.54 Å². The van der Waals surface area contributed by atoms with Crippen molar-refractivity contribution in [3.63, 3.8) is 0 Å². The number of rotatable bonds is 6. The fourth-order valence-electron chi connectivity index (χ4n) is 1.88. The van der Waals surface area contributed by atoms with Gasteiger partial charge in [-0.2, -0.15) is 0 Å². The average molecular weight is 260 g/mol. The summed E-state index contributed by atoms with van der Waals surface area (Å²) in [4.78, 5) is 23.5. The number of amides is 2. The quantitative estimate of drug-likeness (QED) is 0.818. The third-order valence-electron chi connectivity index (χ3n) is 3.19. The molecule has 1 aliphatic rings. The van der Waals surface area contributed by atoms with Gasteiger partial charge < -0.3 is 10.6 Å². The van der Waals surface area contributed by atoms with Gasteiger partial charge in [0, 0.05) is 24.6 Å². The maximum absolute atomic E-state index is 11.9. The zero-order chi connectivity index (χ0) is 13.7. The van der Waals surface area contributed by atoms with Crippen LogP contribution in [0.3, 0.4) is 0 Å². The molecule has 1 atom stereocenters. The molecule has 1 aromatic carbocycles. The fourth-order valence-corrected chi connectivity index (χ4v) is 1.88. The molecule has 1 fully saturated rings. The second-order valence-corrected chi connectivity index (χ2v) is 5.19. The van der Waals surface area contributed by atoms with E-state index in [0.717, 1.165) is 6.54 Å². The molecule has 0 saturated heterocycles. The molecule has 1 aliphatic carbocycles. The van der Waals surface area contributed by atoms with Crippen LogP contribution in [0.4, 0.5) is 0 Å². The molecule has 0 spiro atoms. The number of carbonyl (C=O) groups excluding carboxylic acids is 2. The molecule has 1 saturated carbocycles. The minimum absolute atomic E-state index is 0.00719. The second-order valence-electron chi connectivity index (χ2n) is 5.19. The fraction of sp³-hybridized carbons (Fsp3) is 0.467. The van der Waals surface area contributed by atoms with E-state index < -0.39 is 0 Å². The van der Waals surface area contributed by atoms with Crippen molar-refractivity contribution in [2.45, 2.75) is 32.2 Å². The molecule has 4 nitrogen and oxygen atoms in total. The van der Waals surface area contributed by atoms with Gasteiger partial charge in [-0.1, -0.05) is 18.2 Å². The molecular weight excluding hydrogens is 240 g/mol. The van der Waals surface area contributed by atoms with Crippen molar-refractivity contribution in [3.05, 3.63) is 35.9 Å². The van der Waals surface area contributed by atoms with Gasteiger partial charge in [-0.05, 0) is 37.8 Å². The van der Waals surface area contributed by atoms with Gasteiger partial charge in [-0.3, -0.25) is 9.59 Å². The summed E-state index contributed by atoms with van der Waals surface area (Å²) in [7, 11) is 0. The van der Waals surface area contributed by atoms with Crippen molar-refractivity contribution < 1.29 is 9.59 Å². The summed E-state index contributed by atoms with van der Waals surface area (Å²) in [5.74, 6) is 0.550. The maximum atomic E-state index is 11.9. The molecule has 0 heterocycles. The van der Waals surface area contributed by atoms with Gasteiger partial charge in [0.1, 0.15) is 0 Å². The summed E-state index contributed by atoms with van der Waals surface area (Å²) in [6.07, 6.45) is 2.77. The normalized spacial score (nSPS) is 15.6. The first-order valence-electron chi connectivity index (χ1n) is 6.78. The first kappa shape index (κ1) is 13.6. The van der Waals surface area contributed by atoms with Gasteiger partial charge >= 0.3 is 0 Å². The SMILES string of the molecule is C[C@@H](CC(=O)NCC1CC1)NC(=O)c1ccccc1. The molecule has 0 bridgehead atoms. The van der Waals surface area contributed by atoms with E-state index in [0.29, 0.717) is 17.9 Å². The van der Waals surface area contributed by atoms with Crippen LogP contribution in [0.1, 0.15) is 36.5 Å². The minimum Gasteiger partial charge on any atom is -0.356 e. The van der Waals surface area contributed by atoms with Crippen molar-refractivity contribution in [1.82, 2.24) is 10.6 Å². The lowest BCUT2D eigenvalue weighted by Gasteiger charge is -2.13. The summed E-state index contributed by atoms with van der Waals surface area (Å²) in [5.41, 5.74) is 0.618. The molecule has 102 valence electrons. The van der Waals surface area contributed by atoms with E-state index in [4.69, 9.17) is 0 Å². The van der Waals surface area contributed by atoms with Gasteiger partial charge in [0.15, 0.2) is 0 Å². The van der Waals surface area contributed by atoms with Crippen molar-refractivity contribution >= 4 is 11.8 Å². The standard InChI is InChI=1S/C15H20N2O2/c1-11(9-14(18)16-10-12-7-8-12)17-15(19)13-5-3-2-4-6-13/h2-6,11-12H,7-10H2,1H3,(H,16,18)(H,17,19)/t11-/m0/s1. The van der Waals surface area contributed by atoms with Crippen molar-refractivity contribution in [3.8, 4) is 0 Å². The van der Waals surface area contributed by atoms with Crippen LogP contribution in [0.25, 0.3) is 0 Å². The van der Waals surface area contributed by atoms with Crippen molar-refractivity contribution in [2.24, 2.45) is 5.92 Å². The monoisotopic (exact) mass is 260 g/mol. The smallest absolute Gasteiger partial charge is 0.251 e. The average Bonchev–Trinajstić information content (AvgIpc) is 3.21. The third kappa shape index (κ3) is 4.73. The lowest BCUT2D eigenvalue weighted by Crippen LogP contribution is -2.37. The second kappa shape index (κ2) is 6.36. The van der Waals surface area contributed by atoms with E-state index in [1.165, 1.54) is 12.8 Å². The molecule has 0 radical (unpaired) electrons. The summed E-state index contributed by atoms with van der Waals surface area (Å²) in [6, 6.07) is 8.87. The van der Waals surface area contributed by atoms with E-state index in [1.807, 2.05) is 25.1 Å². The topological polar surface area (TPSA) is 58.2 Å². The van der Waals surface area contributed by atoms with Crippen molar-refractivity contribution in [1.29, 1.82) is 0 Å². The Bertz CT molecular complexity index is 441. The number of carbonyl (C=O) groups is 2. The summed E-state index contributed by atoms with van der Waals surface area (Å²) >= 11 is 0. The number of nitrogens with one attached hydrogen (secondary N) is 2. The van der Waals surface area contributed by atoms with Crippen LogP contribution < -0.4 is 10.6 Å². The predicted molar refractivity (Wildman–Crippen MR) is 73.7 cm³/mol. The maximum Gasteiger partial charge on any atom is 0.251 e. The molecule has 1 aromatic rings. The van der Waals surface area contributed by atoms with E-state index in [1.54, 1.807) is 12.1 Å². The molecule has 2 N–H and O–H groups in total. The zero-order valence-corrected chi connectivity index (χ0v) is 11.2. The Hall–Kier alpha value is -1.84. The molecule has 0 aliphatic heterocycles. The Morgan fingerprint density at radius 2 is 1.95 bits per heavy atom. The third-order valence-corrected chi connectivity index (χ3v) is 3.19. The Labute approximate surface area is 113 Å². The molecule has 2 rings (SSSR count). The number of benzene rings is 1. The van der Waals surface area contributed by atoms with E-state index in [-0.39, 0.29) is 17.9 Å². The van der Waals surface area contributed by atoms with E-state index >= 15 is 0 Å². The number of hydrogen-bond donors (Lipinski definition) is 2. The first-order chi connectivity index (χ1) is 9.15. The van der Waals surface area contributed by atoms with Gasteiger partial charge in [-0.15, -0.1) is 0 Å². The molecule has 19 heavy (non-hydrogen) atoms. The lowest BCUT2D eigenvalue weighted by molar-refractivity contribution is -0.121. The van der Waals surface area contributed by atoms with Crippen LogP contribution >= 0.6 is 0 Å². The van der Waals surface area contributed by atoms with Crippen LogP contribution in [-0.2, 0) is 4.79 Å². The molecule has 0 aromatic heterocycles. The van der Waals surface area contributed by atoms with Gasteiger partial charge in [0.05, 0.1) is 0 Å². The highest BCUT2D eigenvalue weighted by molar-refractivity contribution is 5.94. The van der Waals surface area contributed by atoms with E-state index in [9.17, 15) is 9.59 Å². The van der Waals surface area contributed by atoms with E-state index in [2.05, 4.69) is 10.6 Å². The lowest BCUT2D eigenvalue weighted by atomic mass is 10.1. The highest BCUT2D eigenvalue weighted by atomic mass is 16.2. The summed E-state index contributed by atoms with van der Waals surface area (Å²) in [5, 5.41) is 5.73.